The second kappa shape index (κ2) is 5.09. The molecule has 0 amide bonds. The predicted molar refractivity (Wildman–Crippen MR) is 74.8 cm³/mol. The van der Waals surface area contributed by atoms with Gasteiger partial charge in [-0.05, 0) is 70.2 Å². The first-order valence-electron chi connectivity index (χ1n) is 6.25. The van der Waals surface area contributed by atoms with Gasteiger partial charge in [0.15, 0.2) is 0 Å². The molecule has 1 aromatic rings. The standard InChI is InChI=1S/C15H25NO/c1-10-9-11(2)13(4)14(12(10)3)16-15(5,6)7-8-17/h9,16-17H,7-8H2,1-6H3. The van der Waals surface area contributed by atoms with Crippen molar-refractivity contribution in [1.82, 2.24) is 0 Å². The molecule has 2 nitrogen and oxygen atoms in total. The summed E-state index contributed by atoms with van der Waals surface area (Å²) >= 11 is 0. The normalized spacial score (nSPS) is 11.7. The Kier molecular flexibility index (Phi) is 4.21. The van der Waals surface area contributed by atoms with Crippen LogP contribution in [0.1, 0.15) is 42.5 Å². The molecule has 96 valence electrons. The molecular weight excluding hydrogens is 210 g/mol. The molecule has 0 aliphatic heterocycles. The van der Waals surface area contributed by atoms with Gasteiger partial charge in [0.25, 0.3) is 0 Å². The van der Waals surface area contributed by atoms with Crippen LogP contribution in [0, 0.1) is 27.7 Å². The Hall–Kier alpha value is -1.02. The highest BCUT2D eigenvalue weighted by Gasteiger charge is 2.19. The molecule has 0 aliphatic rings. The molecule has 1 rings (SSSR count). The minimum Gasteiger partial charge on any atom is -0.396 e. The van der Waals surface area contributed by atoms with Crippen LogP contribution in [-0.4, -0.2) is 17.3 Å². The minimum atomic E-state index is -0.0789. The number of nitrogens with one attached hydrogen (secondary N) is 1. The molecule has 17 heavy (non-hydrogen) atoms. The lowest BCUT2D eigenvalue weighted by Crippen LogP contribution is -2.32. The molecule has 0 spiro atoms. The Balaban J connectivity index is 3.14. The van der Waals surface area contributed by atoms with E-state index in [0.717, 1.165) is 6.42 Å². The number of aryl methyl sites for hydroxylation is 2. The smallest absolute Gasteiger partial charge is 0.0453 e. The predicted octanol–water partition coefficient (Wildman–Crippen LogP) is 3.49. The number of aliphatic hydroxyl groups is 1. The van der Waals surface area contributed by atoms with E-state index >= 15 is 0 Å². The summed E-state index contributed by atoms with van der Waals surface area (Å²) in [5.74, 6) is 0. The number of rotatable bonds is 4. The molecule has 0 unspecified atom stereocenters. The molecule has 0 radical (unpaired) electrons. The topological polar surface area (TPSA) is 32.3 Å². The summed E-state index contributed by atoms with van der Waals surface area (Å²) in [4.78, 5) is 0. The van der Waals surface area contributed by atoms with Crippen LogP contribution < -0.4 is 5.32 Å². The molecule has 0 heterocycles. The third-order valence-corrected chi connectivity index (χ3v) is 3.57. The molecule has 0 fully saturated rings. The van der Waals surface area contributed by atoms with Gasteiger partial charge in [0.1, 0.15) is 0 Å². The molecule has 0 saturated carbocycles. The van der Waals surface area contributed by atoms with Gasteiger partial charge < -0.3 is 10.4 Å². The fourth-order valence-corrected chi connectivity index (χ4v) is 2.08. The van der Waals surface area contributed by atoms with Crippen molar-refractivity contribution in [3.63, 3.8) is 0 Å². The molecule has 0 atom stereocenters. The van der Waals surface area contributed by atoms with Crippen LogP contribution in [0.2, 0.25) is 0 Å². The van der Waals surface area contributed by atoms with Crippen molar-refractivity contribution < 1.29 is 5.11 Å². The molecule has 0 aliphatic carbocycles. The summed E-state index contributed by atoms with van der Waals surface area (Å²) < 4.78 is 0. The van der Waals surface area contributed by atoms with Crippen LogP contribution in [0.5, 0.6) is 0 Å². The van der Waals surface area contributed by atoms with E-state index in [1.807, 2.05) is 0 Å². The quantitative estimate of drug-likeness (QED) is 0.837. The number of aliphatic hydroxyl groups excluding tert-OH is 1. The Morgan fingerprint density at radius 2 is 1.53 bits per heavy atom. The fraction of sp³-hybridized carbons (Fsp3) is 0.600. The van der Waals surface area contributed by atoms with Gasteiger partial charge in [0.2, 0.25) is 0 Å². The summed E-state index contributed by atoms with van der Waals surface area (Å²) in [5.41, 5.74) is 6.38. The van der Waals surface area contributed by atoms with Crippen molar-refractivity contribution in [3.05, 3.63) is 28.3 Å². The van der Waals surface area contributed by atoms with Gasteiger partial charge in [-0.25, -0.2) is 0 Å². The highest BCUT2D eigenvalue weighted by molar-refractivity contribution is 5.63. The van der Waals surface area contributed by atoms with E-state index in [9.17, 15) is 0 Å². The van der Waals surface area contributed by atoms with Crippen LogP contribution in [0.4, 0.5) is 5.69 Å². The van der Waals surface area contributed by atoms with Crippen molar-refractivity contribution >= 4 is 5.69 Å². The summed E-state index contributed by atoms with van der Waals surface area (Å²) in [7, 11) is 0. The Bertz CT molecular complexity index is 382. The Morgan fingerprint density at radius 1 is 1.06 bits per heavy atom. The first kappa shape index (κ1) is 14.0. The van der Waals surface area contributed by atoms with E-state index in [4.69, 9.17) is 5.11 Å². The SMILES string of the molecule is Cc1cc(C)c(C)c(NC(C)(C)CCO)c1C. The van der Waals surface area contributed by atoms with Gasteiger partial charge >= 0.3 is 0 Å². The van der Waals surface area contributed by atoms with Crippen molar-refractivity contribution in [3.8, 4) is 0 Å². The van der Waals surface area contributed by atoms with E-state index in [1.54, 1.807) is 0 Å². The zero-order chi connectivity index (χ0) is 13.2. The summed E-state index contributed by atoms with van der Waals surface area (Å²) in [5, 5.41) is 12.7. The third-order valence-electron chi connectivity index (χ3n) is 3.57. The van der Waals surface area contributed by atoms with E-state index in [-0.39, 0.29) is 12.1 Å². The number of hydrogen-bond donors (Lipinski definition) is 2. The summed E-state index contributed by atoms with van der Waals surface area (Å²) in [6, 6.07) is 2.23. The van der Waals surface area contributed by atoms with Gasteiger partial charge in [-0.15, -0.1) is 0 Å². The van der Waals surface area contributed by atoms with Crippen LogP contribution >= 0.6 is 0 Å². The van der Waals surface area contributed by atoms with E-state index in [1.165, 1.54) is 27.9 Å². The second-order valence-corrected chi connectivity index (χ2v) is 5.62. The maximum atomic E-state index is 9.09. The Labute approximate surface area is 105 Å². The molecule has 2 N–H and O–H groups in total. The van der Waals surface area contributed by atoms with E-state index in [0.29, 0.717) is 0 Å². The molecule has 1 aromatic carbocycles. The number of benzene rings is 1. The van der Waals surface area contributed by atoms with E-state index < -0.39 is 0 Å². The zero-order valence-electron chi connectivity index (χ0n) is 11.9. The van der Waals surface area contributed by atoms with Crippen molar-refractivity contribution in [2.24, 2.45) is 0 Å². The summed E-state index contributed by atoms with van der Waals surface area (Å²) in [6.45, 7) is 13.1. The summed E-state index contributed by atoms with van der Waals surface area (Å²) in [6.07, 6.45) is 0.749. The zero-order valence-corrected chi connectivity index (χ0v) is 11.9. The van der Waals surface area contributed by atoms with Crippen LogP contribution in [-0.2, 0) is 0 Å². The first-order chi connectivity index (χ1) is 7.78. The van der Waals surface area contributed by atoms with Gasteiger partial charge in [-0.2, -0.15) is 0 Å². The molecule has 2 heteroatoms. The van der Waals surface area contributed by atoms with Crippen molar-refractivity contribution in [2.75, 3.05) is 11.9 Å². The Morgan fingerprint density at radius 3 is 1.94 bits per heavy atom. The molecular formula is C15H25NO. The third kappa shape index (κ3) is 3.22. The largest absolute Gasteiger partial charge is 0.396 e. The van der Waals surface area contributed by atoms with Crippen molar-refractivity contribution in [1.29, 1.82) is 0 Å². The first-order valence-corrected chi connectivity index (χ1v) is 6.25. The average Bonchev–Trinajstić information content (AvgIpc) is 2.21. The highest BCUT2D eigenvalue weighted by atomic mass is 16.3. The minimum absolute atomic E-state index is 0.0789. The number of anilines is 1. The van der Waals surface area contributed by atoms with Gasteiger partial charge in [-0.1, -0.05) is 6.07 Å². The fourth-order valence-electron chi connectivity index (χ4n) is 2.08. The average molecular weight is 235 g/mol. The lowest BCUT2D eigenvalue weighted by molar-refractivity contribution is 0.261. The van der Waals surface area contributed by atoms with Gasteiger partial charge in [0.05, 0.1) is 0 Å². The monoisotopic (exact) mass is 235 g/mol. The molecule has 0 aromatic heterocycles. The number of hydrogen-bond acceptors (Lipinski definition) is 2. The highest BCUT2D eigenvalue weighted by Crippen LogP contribution is 2.29. The maximum absolute atomic E-state index is 9.09. The van der Waals surface area contributed by atoms with Crippen LogP contribution in [0.25, 0.3) is 0 Å². The lowest BCUT2D eigenvalue weighted by Gasteiger charge is -2.30. The van der Waals surface area contributed by atoms with Crippen LogP contribution in [0.15, 0.2) is 6.07 Å². The second-order valence-electron chi connectivity index (χ2n) is 5.62. The van der Waals surface area contributed by atoms with Crippen LogP contribution in [0.3, 0.4) is 0 Å². The molecule has 0 saturated heterocycles. The van der Waals surface area contributed by atoms with Gasteiger partial charge in [-0.3, -0.25) is 0 Å². The van der Waals surface area contributed by atoms with E-state index in [2.05, 4.69) is 52.9 Å². The van der Waals surface area contributed by atoms with Crippen molar-refractivity contribution in [2.45, 2.75) is 53.5 Å². The lowest BCUT2D eigenvalue weighted by atomic mass is 9.94. The molecule has 0 bridgehead atoms. The van der Waals surface area contributed by atoms with Gasteiger partial charge in [0, 0.05) is 17.8 Å². The maximum Gasteiger partial charge on any atom is 0.0453 e.